The molecule has 0 spiro atoms. The van der Waals surface area contributed by atoms with E-state index in [-0.39, 0.29) is 11.6 Å². The second kappa shape index (κ2) is 7.66. The Hall–Kier alpha value is -2.27. The summed E-state index contributed by atoms with van der Waals surface area (Å²) in [4.78, 5) is 24.0. The molecular weight excluding hydrogens is 306 g/mol. The average Bonchev–Trinajstić information content (AvgIpc) is 3.03. The SMILES string of the molecule is COC(=O)C(Cc1ccccc1)NC(=O)c1ccc(CCl)o1. The molecule has 2 aromatic rings. The molecule has 0 radical (unpaired) electrons. The van der Waals surface area contributed by atoms with Gasteiger partial charge in [0.15, 0.2) is 5.76 Å². The van der Waals surface area contributed by atoms with Crippen molar-refractivity contribution in [2.45, 2.75) is 18.3 Å². The maximum atomic E-state index is 12.1. The van der Waals surface area contributed by atoms with E-state index in [0.717, 1.165) is 5.56 Å². The number of methoxy groups -OCH3 is 1. The number of nitrogens with one attached hydrogen (secondary N) is 1. The molecule has 1 amide bonds. The van der Waals surface area contributed by atoms with Crippen molar-refractivity contribution in [1.82, 2.24) is 5.32 Å². The number of hydrogen-bond donors (Lipinski definition) is 1. The van der Waals surface area contributed by atoms with Crippen LogP contribution in [0, 0.1) is 0 Å². The highest BCUT2D eigenvalue weighted by atomic mass is 35.5. The molecule has 0 aliphatic rings. The van der Waals surface area contributed by atoms with E-state index in [4.69, 9.17) is 20.8 Å². The molecule has 6 heteroatoms. The fourth-order valence-electron chi connectivity index (χ4n) is 1.99. The molecule has 22 heavy (non-hydrogen) atoms. The molecule has 0 saturated heterocycles. The molecule has 0 aliphatic carbocycles. The van der Waals surface area contributed by atoms with Gasteiger partial charge in [-0.1, -0.05) is 30.3 Å². The van der Waals surface area contributed by atoms with Crippen LogP contribution < -0.4 is 5.32 Å². The Balaban J connectivity index is 2.09. The van der Waals surface area contributed by atoms with E-state index in [9.17, 15) is 9.59 Å². The minimum atomic E-state index is -0.788. The summed E-state index contributed by atoms with van der Waals surface area (Å²) < 4.78 is 10.0. The molecule has 5 nitrogen and oxygen atoms in total. The van der Waals surface area contributed by atoms with E-state index in [0.29, 0.717) is 12.2 Å². The lowest BCUT2D eigenvalue weighted by atomic mass is 10.1. The van der Waals surface area contributed by atoms with Crippen molar-refractivity contribution in [2.75, 3.05) is 7.11 Å². The Morgan fingerprint density at radius 3 is 2.55 bits per heavy atom. The van der Waals surface area contributed by atoms with Crippen LogP contribution in [0.1, 0.15) is 21.9 Å². The maximum absolute atomic E-state index is 12.1. The first-order valence-corrected chi connectivity index (χ1v) is 7.24. The zero-order valence-electron chi connectivity index (χ0n) is 12.0. The summed E-state index contributed by atoms with van der Waals surface area (Å²) in [7, 11) is 1.28. The molecule has 0 bridgehead atoms. The number of rotatable bonds is 6. The lowest BCUT2D eigenvalue weighted by Crippen LogP contribution is -2.43. The first kappa shape index (κ1) is 16.1. The highest BCUT2D eigenvalue weighted by Crippen LogP contribution is 2.11. The number of carbonyl (C=O) groups excluding carboxylic acids is 2. The molecule has 1 aromatic heterocycles. The highest BCUT2D eigenvalue weighted by Gasteiger charge is 2.23. The third kappa shape index (κ3) is 4.11. The van der Waals surface area contributed by atoms with Gasteiger partial charge in [-0.15, -0.1) is 11.6 Å². The topological polar surface area (TPSA) is 68.5 Å². The molecule has 1 heterocycles. The van der Waals surface area contributed by atoms with Crippen LogP contribution >= 0.6 is 11.6 Å². The fourth-order valence-corrected chi connectivity index (χ4v) is 2.13. The van der Waals surface area contributed by atoms with Crippen LogP contribution in [0.25, 0.3) is 0 Å². The summed E-state index contributed by atoms with van der Waals surface area (Å²) in [6, 6.07) is 11.7. The summed E-state index contributed by atoms with van der Waals surface area (Å²) in [5, 5.41) is 2.62. The van der Waals surface area contributed by atoms with E-state index < -0.39 is 17.9 Å². The van der Waals surface area contributed by atoms with E-state index in [1.165, 1.54) is 13.2 Å². The summed E-state index contributed by atoms with van der Waals surface area (Å²) in [6.45, 7) is 0. The highest BCUT2D eigenvalue weighted by molar-refractivity contribution is 6.16. The Kier molecular flexibility index (Phi) is 5.61. The van der Waals surface area contributed by atoms with Crippen LogP contribution in [0.15, 0.2) is 46.9 Å². The van der Waals surface area contributed by atoms with Gasteiger partial charge in [-0.3, -0.25) is 4.79 Å². The first-order chi connectivity index (χ1) is 10.6. The molecule has 0 aliphatic heterocycles. The minimum absolute atomic E-state index is 0.109. The van der Waals surface area contributed by atoms with Crippen molar-refractivity contribution in [2.24, 2.45) is 0 Å². The predicted octanol–water partition coefficient (Wildman–Crippen LogP) is 2.53. The molecule has 2 rings (SSSR count). The van der Waals surface area contributed by atoms with Gasteiger partial charge in [0.25, 0.3) is 5.91 Å². The summed E-state index contributed by atoms with van der Waals surface area (Å²) >= 11 is 5.63. The Bertz CT molecular complexity index is 639. The molecule has 1 unspecified atom stereocenters. The van der Waals surface area contributed by atoms with E-state index in [1.54, 1.807) is 6.07 Å². The van der Waals surface area contributed by atoms with Crippen LogP contribution in [-0.4, -0.2) is 25.0 Å². The molecule has 116 valence electrons. The maximum Gasteiger partial charge on any atom is 0.328 e. The average molecular weight is 322 g/mol. The standard InChI is InChI=1S/C16H16ClNO4/c1-21-16(20)13(9-11-5-3-2-4-6-11)18-15(19)14-8-7-12(10-17)22-14/h2-8,13H,9-10H2,1H3,(H,18,19). The van der Waals surface area contributed by atoms with Crippen LogP contribution in [0.2, 0.25) is 0 Å². The monoisotopic (exact) mass is 321 g/mol. The normalized spacial score (nSPS) is 11.7. The Morgan fingerprint density at radius 1 is 1.23 bits per heavy atom. The number of furan rings is 1. The molecule has 0 saturated carbocycles. The second-order valence-electron chi connectivity index (χ2n) is 4.64. The fraction of sp³-hybridized carbons (Fsp3) is 0.250. The quantitative estimate of drug-likeness (QED) is 0.655. The second-order valence-corrected chi connectivity index (χ2v) is 4.91. The van der Waals surface area contributed by atoms with Gasteiger partial charge < -0.3 is 14.5 Å². The van der Waals surface area contributed by atoms with Crippen LogP contribution in [-0.2, 0) is 21.8 Å². The smallest absolute Gasteiger partial charge is 0.328 e. The van der Waals surface area contributed by atoms with Crippen molar-refractivity contribution in [1.29, 1.82) is 0 Å². The number of alkyl halides is 1. The predicted molar refractivity (Wildman–Crippen MR) is 81.7 cm³/mol. The number of ether oxygens (including phenoxy) is 1. The Labute approximate surface area is 133 Å². The number of esters is 1. The van der Waals surface area contributed by atoms with Gasteiger partial charge in [-0.05, 0) is 17.7 Å². The van der Waals surface area contributed by atoms with Crippen molar-refractivity contribution in [3.05, 3.63) is 59.5 Å². The molecule has 0 fully saturated rings. The van der Waals surface area contributed by atoms with Crippen molar-refractivity contribution < 1.29 is 18.7 Å². The lowest BCUT2D eigenvalue weighted by Gasteiger charge is -2.15. The van der Waals surface area contributed by atoms with Gasteiger partial charge in [0.05, 0.1) is 13.0 Å². The Morgan fingerprint density at radius 2 is 1.95 bits per heavy atom. The molecular formula is C16H16ClNO4. The van der Waals surface area contributed by atoms with Crippen LogP contribution in [0.5, 0.6) is 0 Å². The zero-order valence-corrected chi connectivity index (χ0v) is 12.8. The first-order valence-electron chi connectivity index (χ1n) is 6.71. The largest absolute Gasteiger partial charge is 0.467 e. The van der Waals surface area contributed by atoms with Gasteiger partial charge in [0.2, 0.25) is 0 Å². The number of carbonyl (C=O) groups is 2. The lowest BCUT2D eigenvalue weighted by molar-refractivity contribution is -0.142. The number of benzene rings is 1. The van der Waals surface area contributed by atoms with Gasteiger partial charge >= 0.3 is 5.97 Å². The van der Waals surface area contributed by atoms with Crippen molar-refractivity contribution in [3.8, 4) is 0 Å². The van der Waals surface area contributed by atoms with Gasteiger partial charge in [-0.2, -0.15) is 0 Å². The van der Waals surface area contributed by atoms with E-state index in [2.05, 4.69) is 5.32 Å². The molecule has 1 atom stereocenters. The van der Waals surface area contributed by atoms with Crippen LogP contribution in [0.3, 0.4) is 0 Å². The van der Waals surface area contributed by atoms with Crippen molar-refractivity contribution in [3.63, 3.8) is 0 Å². The van der Waals surface area contributed by atoms with Gasteiger partial charge in [0.1, 0.15) is 11.8 Å². The minimum Gasteiger partial charge on any atom is -0.467 e. The third-order valence-corrected chi connectivity index (χ3v) is 3.35. The number of hydrogen-bond acceptors (Lipinski definition) is 4. The van der Waals surface area contributed by atoms with Crippen molar-refractivity contribution >= 4 is 23.5 Å². The summed E-state index contributed by atoms with van der Waals surface area (Å²) in [5.74, 6) is -0.219. The number of halogens is 1. The van der Waals surface area contributed by atoms with Gasteiger partial charge in [0, 0.05) is 6.42 Å². The van der Waals surface area contributed by atoms with E-state index in [1.807, 2.05) is 30.3 Å². The molecule has 1 aromatic carbocycles. The van der Waals surface area contributed by atoms with Gasteiger partial charge in [-0.25, -0.2) is 4.79 Å². The number of amides is 1. The van der Waals surface area contributed by atoms with E-state index >= 15 is 0 Å². The molecule has 1 N–H and O–H groups in total. The summed E-state index contributed by atoms with van der Waals surface area (Å²) in [5.41, 5.74) is 0.916. The third-order valence-electron chi connectivity index (χ3n) is 3.09. The summed E-state index contributed by atoms with van der Waals surface area (Å²) in [6.07, 6.45) is 0.336. The zero-order chi connectivity index (χ0) is 15.9. The van der Waals surface area contributed by atoms with Crippen LogP contribution in [0.4, 0.5) is 0 Å².